The van der Waals surface area contributed by atoms with E-state index in [0.29, 0.717) is 34.3 Å². The van der Waals surface area contributed by atoms with E-state index in [0.717, 1.165) is 10.9 Å². The van der Waals surface area contributed by atoms with Crippen LogP contribution < -0.4 is 4.74 Å². The van der Waals surface area contributed by atoms with E-state index in [2.05, 4.69) is 18.2 Å². The van der Waals surface area contributed by atoms with Gasteiger partial charge >= 0.3 is 0 Å². The minimum atomic E-state index is 0.329. The van der Waals surface area contributed by atoms with Crippen molar-refractivity contribution in [3.63, 3.8) is 0 Å². The van der Waals surface area contributed by atoms with Gasteiger partial charge in [0.25, 0.3) is 0 Å². The highest BCUT2D eigenvalue weighted by Gasteiger charge is 2.10. The van der Waals surface area contributed by atoms with Crippen LogP contribution in [-0.2, 0) is 6.61 Å². The van der Waals surface area contributed by atoms with Crippen LogP contribution in [0.1, 0.15) is 15.9 Å². The molecule has 0 heterocycles. The zero-order valence-corrected chi connectivity index (χ0v) is 13.1. The third-order valence-electron chi connectivity index (χ3n) is 3.35. The second-order valence-electron chi connectivity index (χ2n) is 4.90. The van der Waals surface area contributed by atoms with Gasteiger partial charge in [-0.1, -0.05) is 59.6 Å². The topological polar surface area (TPSA) is 26.3 Å². The second-order valence-corrected chi connectivity index (χ2v) is 5.72. The van der Waals surface area contributed by atoms with Gasteiger partial charge in [0.05, 0.1) is 10.0 Å². The SMILES string of the molecule is O=Cc1cc(Cl)c(OCc2ccc3ccccc3c2)c(Cl)c1. The van der Waals surface area contributed by atoms with Gasteiger partial charge in [-0.2, -0.15) is 0 Å². The summed E-state index contributed by atoms with van der Waals surface area (Å²) >= 11 is 12.2. The first-order chi connectivity index (χ1) is 10.7. The van der Waals surface area contributed by atoms with Crippen molar-refractivity contribution in [3.8, 4) is 5.75 Å². The van der Waals surface area contributed by atoms with Crippen molar-refractivity contribution in [2.75, 3.05) is 0 Å². The summed E-state index contributed by atoms with van der Waals surface area (Å²) in [6.07, 6.45) is 0.699. The molecule has 0 N–H and O–H groups in total. The molecule has 0 bridgehead atoms. The number of halogens is 2. The molecule has 22 heavy (non-hydrogen) atoms. The van der Waals surface area contributed by atoms with E-state index in [4.69, 9.17) is 27.9 Å². The molecule has 3 aromatic rings. The summed E-state index contributed by atoms with van der Waals surface area (Å²) in [6.45, 7) is 0.352. The molecule has 110 valence electrons. The molecule has 0 amide bonds. The van der Waals surface area contributed by atoms with Crippen LogP contribution in [0, 0.1) is 0 Å². The summed E-state index contributed by atoms with van der Waals surface area (Å²) in [7, 11) is 0. The van der Waals surface area contributed by atoms with Crippen LogP contribution in [0.4, 0.5) is 0 Å². The highest BCUT2D eigenvalue weighted by atomic mass is 35.5. The first-order valence-electron chi connectivity index (χ1n) is 6.72. The fraction of sp³-hybridized carbons (Fsp3) is 0.0556. The molecule has 0 saturated heterocycles. The fourth-order valence-corrected chi connectivity index (χ4v) is 2.88. The molecule has 0 fully saturated rings. The molecule has 3 rings (SSSR count). The third-order valence-corrected chi connectivity index (χ3v) is 3.92. The highest BCUT2D eigenvalue weighted by molar-refractivity contribution is 6.37. The van der Waals surface area contributed by atoms with Crippen LogP contribution >= 0.6 is 23.2 Å². The monoisotopic (exact) mass is 330 g/mol. The van der Waals surface area contributed by atoms with Crippen molar-refractivity contribution in [3.05, 3.63) is 75.8 Å². The van der Waals surface area contributed by atoms with Gasteiger partial charge in [0.1, 0.15) is 12.9 Å². The first kappa shape index (κ1) is 14.9. The van der Waals surface area contributed by atoms with E-state index < -0.39 is 0 Å². The summed E-state index contributed by atoms with van der Waals surface area (Å²) in [5, 5.41) is 2.99. The van der Waals surface area contributed by atoms with Crippen LogP contribution in [-0.4, -0.2) is 6.29 Å². The smallest absolute Gasteiger partial charge is 0.157 e. The molecular weight excluding hydrogens is 319 g/mol. The van der Waals surface area contributed by atoms with Crippen molar-refractivity contribution >= 4 is 40.3 Å². The molecule has 0 atom stereocenters. The van der Waals surface area contributed by atoms with E-state index in [1.807, 2.05) is 24.3 Å². The highest BCUT2D eigenvalue weighted by Crippen LogP contribution is 2.34. The number of hydrogen-bond acceptors (Lipinski definition) is 2. The standard InChI is InChI=1S/C18H12Cl2O2/c19-16-8-13(10-21)9-17(20)18(16)22-11-12-5-6-14-3-1-2-4-15(14)7-12/h1-10H,11H2. The quantitative estimate of drug-likeness (QED) is 0.587. The van der Waals surface area contributed by atoms with Gasteiger partial charge in [-0.3, -0.25) is 4.79 Å². The van der Waals surface area contributed by atoms with Gasteiger partial charge < -0.3 is 4.74 Å². The lowest BCUT2D eigenvalue weighted by molar-refractivity contribution is 0.112. The average Bonchev–Trinajstić information content (AvgIpc) is 2.53. The van der Waals surface area contributed by atoms with Gasteiger partial charge in [-0.15, -0.1) is 0 Å². The zero-order chi connectivity index (χ0) is 15.5. The van der Waals surface area contributed by atoms with Crippen molar-refractivity contribution < 1.29 is 9.53 Å². The number of aldehydes is 1. The summed E-state index contributed by atoms with van der Waals surface area (Å²) in [5.74, 6) is 0.391. The lowest BCUT2D eigenvalue weighted by Gasteiger charge is -2.11. The number of carbonyl (C=O) groups is 1. The van der Waals surface area contributed by atoms with E-state index >= 15 is 0 Å². The minimum Gasteiger partial charge on any atom is -0.486 e. The molecule has 2 nitrogen and oxygen atoms in total. The molecule has 0 aliphatic heterocycles. The predicted molar refractivity (Wildman–Crippen MR) is 90.1 cm³/mol. The normalized spacial score (nSPS) is 10.6. The number of ether oxygens (including phenoxy) is 1. The molecule has 0 radical (unpaired) electrons. The lowest BCUT2D eigenvalue weighted by atomic mass is 10.1. The second kappa shape index (κ2) is 6.39. The maximum absolute atomic E-state index is 10.8. The van der Waals surface area contributed by atoms with Crippen molar-refractivity contribution in [1.82, 2.24) is 0 Å². The molecule has 0 saturated carbocycles. The number of carbonyl (C=O) groups excluding carboxylic acids is 1. The maximum Gasteiger partial charge on any atom is 0.157 e. The molecule has 0 aliphatic carbocycles. The van der Waals surface area contributed by atoms with E-state index in [9.17, 15) is 4.79 Å². The first-order valence-corrected chi connectivity index (χ1v) is 7.47. The summed E-state index contributed by atoms with van der Waals surface area (Å²) in [6, 6.07) is 17.3. The number of fused-ring (bicyclic) bond motifs is 1. The van der Waals surface area contributed by atoms with Gasteiger partial charge in [0.2, 0.25) is 0 Å². The Morgan fingerprint density at radius 2 is 1.59 bits per heavy atom. The molecule has 0 aromatic heterocycles. The Kier molecular flexibility index (Phi) is 4.32. The largest absolute Gasteiger partial charge is 0.486 e. The lowest BCUT2D eigenvalue weighted by Crippen LogP contribution is -1.97. The van der Waals surface area contributed by atoms with E-state index in [1.165, 1.54) is 17.5 Å². The molecule has 3 aromatic carbocycles. The van der Waals surface area contributed by atoms with E-state index in [-0.39, 0.29) is 0 Å². The maximum atomic E-state index is 10.8. The summed E-state index contributed by atoms with van der Waals surface area (Å²) in [4.78, 5) is 10.8. The molecular formula is C18H12Cl2O2. The molecule has 4 heteroatoms. The Hall–Kier alpha value is -2.03. The summed E-state index contributed by atoms with van der Waals surface area (Å²) in [5.41, 5.74) is 1.44. The summed E-state index contributed by atoms with van der Waals surface area (Å²) < 4.78 is 5.72. The van der Waals surface area contributed by atoms with E-state index in [1.54, 1.807) is 0 Å². The van der Waals surface area contributed by atoms with Crippen LogP contribution in [0.15, 0.2) is 54.6 Å². The Morgan fingerprint density at radius 1 is 0.909 bits per heavy atom. The Morgan fingerprint density at radius 3 is 2.27 bits per heavy atom. The number of benzene rings is 3. The third kappa shape index (κ3) is 3.08. The van der Waals surface area contributed by atoms with Crippen molar-refractivity contribution in [2.24, 2.45) is 0 Å². The minimum absolute atomic E-state index is 0.329. The van der Waals surface area contributed by atoms with Gasteiger partial charge in [0, 0.05) is 5.56 Å². The molecule has 0 unspecified atom stereocenters. The van der Waals surface area contributed by atoms with Crippen LogP contribution in [0.5, 0.6) is 5.75 Å². The van der Waals surface area contributed by atoms with Crippen LogP contribution in [0.25, 0.3) is 10.8 Å². The van der Waals surface area contributed by atoms with Gasteiger partial charge in [-0.25, -0.2) is 0 Å². The molecule has 0 aliphatic rings. The fourth-order valence-electron chi connectivity index (χ4n) is 2.27. The van der Waals surface area contributed by atoms with Gasteiger partial charge in [0.15, 0.2) is 5.75 Å². The Bertz CT molecular complexity index is 820. The van der Waals surface area contributed by atoms with Crippen molar-refractivity contribution in [2.45, 2.75) is 6.61 Å². The Labute approximate surface area is 138 Å². The molecule has 0 spiro atoms. The predicted octanol–water partition coefficient (Wildman–Crippen LogP) is 5.54. The number of rotatable bonds is 4. The van der Waals surface area contributed by atoms with Crippen LogP contribution in [0.3, 0.4) is 0 Å². The van der Waals surface area contributed by atoms with Crippen LogP contribution in [0.2, 0.25) is 10.0 Å². The number of hydrogen-bond donors (Lipinski definition) is 0. The van der Waals surface area contributed by atoms with Gasteiger partial charge in [-0.05, 0) is 34.5 Å². The van der Waals surface area contributed by atoms with Crippen molar-refractivity contribution in [1.29, 1.82) is 0 Å². The average molecular weight is 331 g/mol. The zero-order valence-electron chi connectivity index (χ0n) is 11.6. The Balaban J connectivity index is 1.83.